The molecular formula is C16H29N3O2+2. The molecule has 0 spiro atoms. The van der Waals surface area contributed by atoms with Crippen LogP contribution in [0, 0.1) is 5.41 Å². The zero-order valence-corrected chi connectivity index (χ0v) is 13.6. The Morgan fingerprint density at radius 1 is 1.19 bits per heavy atom. The van der Waals surface area contributed by atoms with Gasteiger partial charge in [-0.1, -0.05) is 13.8 Å². The number of likely N-dealkylation sites (N-methyl/N-ethyl adjacent to an activating group) is 1. The van der Waals surface area contributed by atoms with Crippen LogP contribution >= 0.6 is 0 Å². The Hall–Kier alpha value is -1.20. The fourth-order valence-electron chi connectivity index (χ4n) is 3.17. The molecule has 21 heavy (non-hydrogen) atoms. The van der Waals surface area contributed by atoms with Crippen molar-refractivity contribution in [1.29, 1.82) is 0 Å². The van der Waals surface area contributed by atoms with Crippen LogP contribution in [0.25, 0.3) is 0 Å². The molecule has 1 aliphatic heterocycles. The van der Waals surface area contributed by atoms with Gasteiger partial charge in [0, 0.05) is 26.1 Å². The Morgan fingerprint density at radius 2 is 1.76 bits per heavy atom. The SMILES string of the molecule is CN(C=C1C(=O)CC(C)(C)CC1=O)CC[NH+]1CC[NH2+]CC1. The van der Waals surface area contributed by atoms with Crippen molar-refractivity contribution in [2.75, 3.05) is 46.3 Å². The van der Waals surface area contributed by atoms with Gasteiger partial charge in [-0.3, -0.25) is 9.59 Å². The summed E-state index contributed by atoms with van der Waals surface area (Å²) in [5.41, 5.74) is 0.220. The smallest absolute Gasteiger partial charge is 0.168 e. The number of piperazine rings is 1. The fourth-order valence-corrected chi connectivity index (χ4v) is 3.17. The first-order valence-electron chi connectivity index (χ1n) is 8.01. The second-order valence-corrected chi connectivity index (χ2v) is 7.25. The second kappa shape index (κ2) is 6.71. The number of carbonyl (C=O) groups excluding carboxylic acids is 2. The molecule has 0 aromatic carbocycles. The van der Waals surface area contributed by atoms with Crippen LogP contribution < -0.4 is 10.2 Å². The lowest BCUT2D eigenvalue weighted by Gasteiger charge is -2.29. The van der Waals surface area contributed by atoms with Gasteiger partial charge in [0.05, 0.1) is 18.7 Å². The van der Waals surface area contributed by atoms with Crippen molar-refractivity contribution in [1.82, 2.24) is 4.90 Å². The van der Waals surface area contributed by atoms with Gasteiger partial charge >= 0.3 is 0 Å². The molecule has 2 fully saturated rings. The lowest BCUT2D eigenvalue weighted by atomic mass is 9.74. The summed E-state index contributed by atoms with van der Waals surface area (Å²) in [6.07, 6.45) is 2.73. The number of nitrogens with two attached hydrogens (primary N) is 1. The highest BCUT2D eigenvalue weighted by Gasteiger charge is 2.35. The van der Waals surface area contributed by atoms with E-state index < -0.39 is 0 Å². The molecule has 5 nitrogen and oxygen atoms in total. The van der Waals surface area contributed by atoms with Crippen molar-refractivity contribution in [3.8, 4) is 0 Å². The number of hydrogen-bond acceptors (Lipinski definition) is 3. The maximum Gasteiger partial charge on any atom is 0.168 e. The van der Waals surface area contributed by atoms with E-state index in [0.717, 1.165) is 13.1 Å². The number of quaternary nitrogens is 2. The topological polar surface area (TPSA) is 58.4 Å². The third-order valence-electron chi connectivity index (χ3n) is 4.45. The van der Waals surface area contributed by atoms with Crippen LogP contribution in [0.15, 0.2) is 11.8 Å². The first-order valence-corrected chi connectivity index (χ1v) is 8.01. The highest BCUT2D eigenvalue weighted by Crippen LogP contribution is 2.33. The largest absolute Gasteiger partial charge is 0.374 e. The molecule has 0 radical (unpaired) electrons. The predicted molar refractivity (Wildman–Crippen MR) is 81.0 cm³/mol. The minimum atomic E-state index is -0.182. The lowest BCUT2D eigenvalue weighted by Crippen LogP contribution is -3.20. The van der Waals surface area contributed by atoms with E-state index in [1.807, 2.05) is 25.8 Å². The van der Waals surface area contributed by atoms with E-state index in [-0.39, 0.29) is 17.0 Å². The van der Waals surface area contributed by atoms with Gasteiger partial charge in [-0.2, -0.15) is 0 Å². The number of nitrogens with zero attached hydrogens (tertiary/aromatic N) is 1. The third-order valence-corrected chi connectivity index (χ3v) is 4.45. The van der Waals surface area contributed by atoms with Gasteiger partial charge in [0.2, 0.25) is 0 Å². The number of ketones is 2. The highest BCUT2D eigenvalue weighted by molar-refractivity contribution is 6.22. The summed E-state index contributed by atoms with van der Waals surface area (Å²) in [5, 5.41) is 2.36. The standard InChI is InChI=1S/C16H27N3O2/c1-16(2)10-14(20)13(15(21)11-16)12-18(3)8-9-19-6-4-17-5-7-19/h12,17H,4-11H2,1-3H3/p+2. The molecular weight excluding hydrogens is 266 g/mol. The molecule has 1 aliphatic carbocycles. The van der Waals surface area contributed by atoms with Crippen molar-refractivity contribution >= 4 is 11.6 Å². The van der Waals surface area contributed by atoms with E-state index in [4.69, 9.17) is 0 Å². The number of nitrogens with one attached hydrogen (secondary N) is 1. The normalized spacial score (nSPS) is 23.3. The molecule has 0 aromatic heterocycles. The molecule has 1 heterocycles. The molecule has 0 bridgehead atoms. The van der Waals surface area contributed by atoms with E-state index in [2.05, 4.69) is 5.32 Å². The maximum atomic E-state index is 12.1. The van der Waals surface area contributed by atoms with Crippen molar-refractivity contribution in [2.24, 2.45) is 5.41 Å². The van der Waals surface area contributed by atoms with Gasteiger partial charge in [-0.15, -0.1) is 0 Å². The van der Waals surface area contributed by atoms with Gasteiger partial charge in [0.1, 0.15) is 26.2 Å². The first kappa shape index (κ1) is 16.2. The molecule has 0 amide bonds. The molecule has 0 unspecified atom stereocenters. The van der Waals surface area contributed by atoms with Crippen molar-refractivity contribution in [2.45, 2.75) is 26.7 Å². The number of rotatable bonds is 4. The van der Waals surface area contributed by atoms with Crippen LogP contribution in [-0.2, 0) is 9.59 Å². The second-order valence-electron chi connectivity index (χ2n) is 7.25. The maximum absolute atomic E-state index is 12.1. The predicted octanol–water partition coefficient (Wildman–Crippen LogP) is -1.78. The van der Waals surface area contributed by atoms with Gasteiger partial charge < -0.3 is 15.1 Å². The van der Waals surface area contributed by atoms with Crippen LogP contribution in [0.5, 0.6) is 0 Å². The van der Waals surface area contributed by atoms with E-state index in [9.17, 15) is 9.59 Å². The summed E-state index contributed by atoms with van der Waals surface area (Å²) in [5.74, 6) is 0.00559. The van der Waals surface area contributed by atoms with Crippen LogP contribution in [0.2, 0.25) is 0 Å². The molecule has 1 saturated heterocycles. The Bertz CT molecular complexity index is 415. The summed E-state index contributed by atoms with van der Waals surface area (Å²) >= 11 is 0. The molecule has 2 rings (SSSR count). The van der Waals surface area contributed by atoms with Crippen LogP contribution in [0.1, 0.15) is 26.7 Å². The lowest BCUT2D eigenvalue weighted by molar-refractivity contribution is -0.946. The van der Waals surface area contributed by atoms with E-state index in [1.54, 1.807) is 11.1 Å². The van der Waals surface area contributed by atoms with Crippen molar-refractivity contribution in [3.05, 3.63) is 11.8 Å². The Labute approximate surface area is 127 Å². The van der Waals surface area contributed by atoms with Crippen LogP contribution in [0.4, 0.5) is 0 Å². The number of Topliss-reactive ketones (excluding diaryl/α,β-unsaturated/α-hetero) is 2. The Balaban J connectivity index is 1.89. The number of hydrogen-bond donors (Lipinski definition) is 2. The monoisotopic (exact) mass is 295 g/mol. The van der Waals surface area contributed by atoms with E-state index >= 15 is 0 Å². The molecule has 0 aromatic rings. The van der Waals surface area contributed by atoms with Crippen molar-refractivity contribution in [3.63, 3.8) is 0 Å². The summed E-state index contributed by atoms with van der Waals surface area (Å²) in [4.78, 5) is 27.9. The average Bonchev–Trinajstić information content (AvgIpc) is 2.41. The first-order chi connectivity index (χ1) is 9.87. The minimum Gasteiger partial charge on any atom is -0.374 e. The summed E-state index contributed by atoms with van der Waals surface area (Å²) in [6, 6.07) is 0. The van der Waals surface area contributed by atoms with E-state index in [0.29, 0.717) is 18.4 Å². The summed E-state index contributed by atoms with van der Waals surface area (Å²) < 4.78 is 0. The van der Waals surface area contributed by atoms with Gasteiger partial charge in [-0.25, -0.2) is 0 Å². The Morgan fingerprint density at radius 3 is 2.33 bits per heavy atom. The quantitative estimate of drug-likeness (QED) is 0.476. The molecule has 2 aliphatic rings. The molecule has 118 valence electrons. The van der Waals surface area contributed by atoms with Crippen LogP contribution in [0.3, 0.4) is 0 Å². The average molecular weight is 295 g/mol. The molecule has 0 atom stereocenters. The zero-order chi connectivity index (χ0) is 15.5. The molecule has 5 heteroatoms. The Kier molecular flexibility index (Phi) is 5.17. The minimum absolute atomic E-state index is 0.00280. The highest BCUT2D eigenvalue weighted by atomic mass is 16.2. The molecule has 3 N–H and O–H groups in total. The number of allylic oxidation sites excluding steroid dienone is 1. The summed E-state index contributed by atoms with van der Waals surface area (Å²) in [7, 11) is 1.96. The molecule has 1 saturated carbocycles. The van der Waals surface area contributed by atoms with Crippen LogP contribution in [-0.4, -0.2) is 62.8 Å². The van der Waals surface area contributed by atoms with Gasteiger partial charge in [0.25, 0.3) is 0 Å². The van der Waals surface area contributed by atoms with E-state index in [1.165, 1.54) is 26.2 Å². The zero-order valence-electron chi connectivity index (χ0n) is 13.6. The fraction of sp³-hybridized carbons (Fsp3) is 0.750. The van der Waals surface area contributed by atoms with Gasteiger partial charge in [0.15, 0.2) is 11.6 Å². The number of carbonyl (C=O) groups is 2. The summed E-state index contributed by atoms with van der Waals surface area (Å²) in [6.45, 7) is 10.7. The van der Waals surface area contributed by atoms with Gasteiger partial charge in [-0.05, 0) is 5.41 Å². The van der Waals surface area contributed by atoms with Crippen molar-refractivity contribution < 1.29 is 19.8 Å². The third kappa shape index (κ3) is 4.64.